The molecular formula is C24H23N3O3. The van der Waals surface area contributed by atoms with Crippen LogP contribution in [-0.2, 0) is 13.2 Å². The number of nitriles is 1. The van der Waals surface area contributed by atoms with Crippen LogP contribution in [0.15, 0.2) is 71.8 Å². The van der Waals surface area contributed by atoms with E-state index >= 15 is 0 Å². The van der Waals surface area contributed by atoms with E-state index in [1.165, 1.54) is 0 Å². The van der Waals surface area contributed by atoms with Crippen molar-refractivity contribution in [2.24, 2.45) is 5.10 Å². The SMILES string of the molecule is COc1ccc(CN/N=C/c2ccc(OCc3cccc(C#N)c3)cc2)cc1OC. The summed E-state index contributed by atoms with van der Waals surface area (Å²) in [7, 11) is 3.23. The van der Waals surface area contributed by atoms with Crippen molar-refractivity contribution in [3.8, 4) is 23.3 Å². The van der Waals surface area contributed by atoms with Gasteiger partial charge in [0, 0.05) is 0 Å². The molecule has 6 heteroatoms. The Morgan fingerprint density at radius 3 is 2.47 bits per heavy atom. The smallest absolute Gasteiger partial charge is 0.161 e. The monoisotopic (exact) mass is 401 g/mol. The standard InChI is InChI=1S/C24H23N3O3/c1-28-23-11-8-20(13-24(23)29-2)16-27-26-15-18-6-9-22(10-7-18)30-17-21-5-3-4-19(12-21)14-25/h3-13,15,27H,16-17H2,1-2H3/b26-15+. The zero-order valence-electron chi connectivity index (χ0n) is 17.0. The maximum Gasteiger partial charge on any atom is 0.161 e. The number of nitrogens with zero attached hydrogens (tertiary/aromatic N) is 2. The molecule has 6 nitrogen and oxygen atoms in total. The molecule has 152 valence electrons. The maximum absolute atomic E-state index is 8.96. The Morgan fingerprint density at radius 1 is 0.933 bits per heavy atom. The lowest BCUT2D eigenvalue weighted by Crippen LogP contribution is -2.06. The van der Waals surface area contributed by atoms with Crippen LogP contribution in [0.5, 0.6) is 17.2 Å². The first-order valence-electron chi connectivity index (χ1n) is 9.40. The summed E-state index contributed by atoms with van der Waals surface area (Å²) in [4.78, 5) is 0. The minimum atomic E-state index is 0.413. The molecule has 0 aliphatic rings. The molecule has 0 amide bonds. The van der Waals surface area contributed by atoms with Crippen molar-refractivity contribution in [2.45, 2.75) is 13.2 Å². The van der Waals surface area contributed by atoms with Gasteiger partial charge in [-0.3, -0.25) is 0 Å². The van der Waals surface area contributed by atoms with Gasteiger partial charge in [-0.05, 0) is 65.2 Å². The number of hydrogen-bond donors (Lipinski definition) is 1. The van der Waals surface area contributed by atoms with Crippen molar-refractivity contribution >= 4 is 6.21 Å². The highest BCUT2D eigenvalue weighted by Crippen LogP contribution is 2.27. The molecule has 0 unspecified atom stereocenters. The van der Waals surface area contributed by atoms with Crippen LogP contribution >= 0.6 is 0 Å². The van der Waals surface area contributed by atoms with Gasteiger partial charge in [-0.1, -0.05) is 18.2 Å². The van der Waals surface area contributed by atoms with Crippen LogP contribution in [0, 0.1) is 11.3 Å². The zero-order chi connectivity index (χ0) is 21.2. The van der Waals surface area contributed by atoms with E-state index in [1.807, 2.05) is 60.7 Å². The van der Waals surface area contributed by atoms with E-state index in [2.05, 4.69) is 16.6 Å². The van der Waals surface area contributed by atoms with Crippen LogP contribution in [0.3, 0.4) is 0 Å². The van der Waals surface area contributed by atoms with Gasteiger partial charge in [-0.25, -0.2) is 0 Å². The number of benzene rings is 3. The average molecular weight is 401 g/mol. The van der Waals surface area contributed by atoms with Gasteiger partial charge in [0.25, 0.3) is 0 Å². The van der Waals surface area contributed by atoms with Crippen molar-refractivity contribution < 1.29 is 14.2 Å². The number of nitrogens with one attached hydrogen (secondary N) is 1. The van der Waals surface area contributed by atoms with E-state index in [1.54, 1.807) is 26.5 Å². The first-order valence-corrected chi connectivity index (χ1v) is 9.40. The van der Waals surface area contributed by atoms with Gasteiger partial charge in [0.1, 0.15) is 12.4 Å². The van der Waals surface area contributed by atoms with Crippen LogP contribution in [-0.4, -0.2) is 20.4 Å². The van der Waals surface area contributed by atoms with Crippen LogP contribution in [0.25, 0.3) is 0 Å². The van der Waals surface area contributed by atoms with Gasteiger partial charge in [0.05, 0.1) is 38.6 Å². The van der Waals surface area contributed by atoms with E-state index in [4.69, 9.17) is 19.5 Å². The third-order valence-electron chi connectivity index (χ3n) is 4.38. The molecule has 0 radical (unpaired) electrons. The van der Waals surface area contributed by atoms with E-state index in [0.29, 0.717) is 30.2 Å². The summed E-state index contributed by atoms with van der Waals surface area (Å²) in [6.45, 7) is 0.982. The third-order valence-corrected chi connectivity index (χ3v) is 4.38. The number of ether oxygens (including phenoxy) is 3. The Hall–Kier alpha value is -3.98. The van der Waals surface area contributed by atoms with Crippen molar-refractivity contribution in [3.05, 3.63) is 89.0 Å². The van der Waals surface area contributed by atoms with Gasteiger partial charge in [-0.2, -0.15) is 10.4 Å². The molecule has 0 aromatic heterocycles. The molecule has 3 aromatic rings. The van der Waals surface area contributed by atoms with Crippen LogP contribution in [0.4, 0.5) is 0 Å². The highest BCUT2D eigenvalue weighted by Gasteiger charge is 2.04. The maximum atomic E-state index is 8.96. The van der Waals surface area contributed by atoms with Crippen molar-refractivity contribution in [1.29, 1.82) is 5.26 Å². The third kappa shape index (κ3) is 5.76. The summed E-state index contributed by atoms with van der Waals surface area (Å²) >= 11 is 0. The second-order valence-corrected chi connectivity index (χ2v) is 6.45. The Labute approximate surface area is 176 Å². The minimum absolute atomic E-state index is 0.413. The summed E-state index contributed by atoms with van der Waals surface area (Å²) in [5.41, 5.74) is 6.60. The van der Waals surface area contributed by atoms with Gasteiger partial charge in [0.2, 0.25) is 0 Å². The van der Waals surface area contributed by atoms with E-state index < -0.39 is 0 Å². The van der Waals surface area contributed by atoms with Crippen molar-refractivity contribution in [2.75, 3.05) is 14.2 Å². The first-order chi connectivity index (χ1) is 14.7. The fourth-order valence-corrected chi connectivity index (χ4v) is 2.80. The van der Waals surface area contributed by atoms with E-state index in [0.717, 1.165) is 22.4 Å². The zero-order valence-corrected chi connectivity index (χ0v) is 17.0. The molecule has 1 N–H and O–H groups in total. The summed E-state index contributed by atoms with van der Waals surface area (Å²) in [5, 5.41) is 13.2. The molecule has 3 rings (SSSR count). The Kier molecular flexibility index (Phi) is 7.28. The van der Waals surface area contributed by atoms with Crippen molar-refractivity contribution in [3.63, 3.8) is 0 Å². The van der Waals surface area contributed by atoms with Gasteiger partial charge in [-0.15, -0.1) is 0 Å². The number of methoxy groups -OCH3 is 2. The highest BCUT2D eigenvalue weighted by atomic mass is 16.5. The van der Waals surface area contributed by atoms with E-state index in [9.17, 15) is 0 Å². The Bertz CT molecular complexity index is 1040. The quantitative estimate of drug-likeness (QED) is 0.428. The molecule has 0 atom stereocenters. The van der Waals surface area contributed by atoms with Crippen molar-refractivity contribution in [1.82, 2.24) is 5.43 Å². The molecule has 0 aliphatic carbocycles. The second kappa shape index (κ2) is 10.5. The molecule has 0 saturated carbocycles. The topological polar surface area (TPSA) is 75.9 Å². The number of hydrazone groups is 1. The van der Waals surface area contributed by atoms with Gasteiger partial charge >= 0.3 is 0 Å². The lowest BCUT2D eigenvalue weighted by atomic mass is 10.1. The molecule has 3 aromatic carbocycles. The molecule has 0 heterocycles. The molecule has 0 bridgehead atoms. The van der Waals surface area contributed by atoms with Crippen LogP contribution < -0.4 is 19.6 Å². The molecular weight excluding hydrogens is 378 g/mol. The summed E-state index contributed by atoms with van der Waals surface area (Å²) in [6, 6.07) is 22.9. The number of hydrogen-bond acceptors (Lipinski definition) is 6. The van der Waals surface area contributed by atoms with Gasteiger partial charge in [0.15, 0.2) is 11.5 Å². The summed E-state index contributed by atoms with van der Waals surface area (Å²) in [6.07, 6.45) is 1.75. The predicted molar refractivity (Wildman–Crippen MR) is 116 cm³/mol. The predicted octanol–water partition coefficient (Wildman–Crippen LogP) is 4.28. The minimum Gasteiger partial charge on any atom is -0.493 e. The molecule has 0 fully saturated rings. The Balaban J connectivity index is 1.49. The largest absolute Gasteiger partial charge is 0.493 e. The molecule has 30 heavy (non-hydrogen) atoms. The normalized spacial score (nSPS) is 10.4. The first kappa shape index (κ1) is 20.7. The van der Waals surface area contributed by atoms with E-state index in [-0.39, 0.29) is 0 Å². The molecule has 0 spiro atoms. The van der Waals surface area contributed by atoms with Crippen LogP contribution in [0.1, 0.15) is 22.3 Å². The summed E-state index contributed by atoms with van der Waals surface area (Å²) in [5.74, 6) is 2.15. The summed E-state index contributed by atoms with van der Waals surface area (Å²) < 4.78 is 16.3. The molecule has 0 saturated heterocycles. The fourth-order valence-electron chi connectivity index (χ4n) is 2.80. The number of rotatable bonds is 9. The fraction of sp³-hybridized carbons (Fsp3) is 0.167. The highest BCUT2D eigenvalue weighted by molar-refractivity contribution is 5.79. The van der Waals surface area contributed by atoms with Gasteiger partial charge < -0.3 is 19.6 Å². The average Bonchev–Trinajstić information content (AvgIpc) is 2.81. The Morgan fingerprint density at radius 2 is 1.73 bits per heavy atom. The lowest BCUT2D eigenvalue weighted by molar-refractivity contribution is 0.306. The molecule has 0 aliphatic heterocycles. The lowest BCUT2D eigenvalue weighted by Gasteiger charge is -2.09. The second-order valence-electron chi connectivity index (χ2n) is 6.45. The van der Waals surface area contributed by atoms with Crippen LogP contribution in [0.2, 0.25) is 0 Å².